The first-order valence-electron chi connectivity index (χ1n) is 43.7. The lowest BCUT2D eigenvalue weighted by atomic mass is 10.1. The van der Waals surface area contributed by atoms with Crippen LogP contribution in [0.2, 0.25) is 0 Å². The van der Waals surface area contributed by atoms with Crippen LogP contribution in [0.4, 0.5) is 0 Å². The summed E-state index contributed by atoms with van der Waals surface area (Å²) in [5.41, 5.74) is 0.468. The van der Waals surface area contributed by atoms with E-state index < -0.39 is 35.8 Å². The third-order valence-electron chi connectivity index (χ3n) is 17.5. The highest BCUT2D eigenvalue weighted by atomic mass is 16.6. The molecule has 720 valence electrons. The van der Waals surface area contributed by atoms with Crippen molar-refractivity contribution in [3.63, 3.8) is 0 Å². The topological polar surface area (TPSA) is 324 Å². The molecule has 0 aromatic heterocycles. The minimum atomic E-state index is -0.719. The molecule has 30 heteroatoms. The highest BCUT2D eigenvalue weighted by Crippen LogP contribution is 2.18. The number of esters is 6. The molecule has 0 saturated heterocycles. The van der Waals surface area contributed by atoms with Gasteiger partial charge in [-0.25, -0.2) is 28.8 Å². The van der Waals surface area contributed by atoms with Gasteiger partial charge in [-0.1, -0.05) is 72.8 Å². The van der Waals surface area contributed by atoms with Crippen LogP contribution in [0.1, 0.15) is 62.1 Å². The van der Waals surface area contributed by atoms with Crippen LogP contribution in [-0.4, -0.2) is 316 Å². The third-order valence-corrected chi connectivity index (χ3v) is 17.5. The molecule has 7 aromatic carbocycles. The van der Waals surface area contributed by atoms with Gasteiger partial charge in [-0.2, -0.15) is 0 Å². The second kappa shape index (κ2) is 71.6. The maximum Gasteiger partial charge on any atom is 0.338 e. The molecule has 0 aliphatic heterocycles. The molecular formula is C108H108O30. The van der Waals surface area contributed by atoms with E-state index in [0.29, 0.717) is 184 Å². The van der Waals surface area contributed by atoms with Crippen LogP contribution >= 0.6 is 0 Å². The van der Waals surface area contributed by atoms with Crippen LogP contribution in [0, 0.1) is 146 Å². The van der Waals surface area contributed by atoms with Crippen LogP contribution < -0.4 is 0 Å². The zero-order valence-electron chi connectivity index (χ0n) is 78.1. The molecule has 0 atom stereocenters. The lowest BCUT2D eigenvalue weighted by Gasteiger charge is -2.07. The fraction of sp³-hybridized carbons (Fsp3) is 0.389. The highest BCUT2D eigenvalue weighted by Gasteiger charge is 2.15. The van der Waals surface area contributed by atoms with Gasteiger partial charge < -0.3 is 114 Å². The summed E-state index contributed by atoms with van der Waals surface area (Å²) < 4.78 is 130. The third kappa shape index (κ3) is 49.6. The minimum absolute atomic E-state index is 0.0644. The predicted molar refractivity (Wildman–Crippen MR) is 499 cm³/mol. The molecule has 7 aromatic rings. The Morgan fingerprint density at radius 1 is 0.145 bits per heavy atom. The molecule has 0 saturated carbocycles. The van der Waals surface area contributed by atoms with Crippen molar-refractivity contribution < 1.29 is 142 Å². The van der Waals surface area contributed by atoms with Crippen LogP contribution in [0.25, 0.3) is 64.6 Å². The largest absolute Gasteiger partial charge is 0.460 e. The number of carbonyl (C=O) groups is 6. The highest BCUT2D eigenvalue weighted by molar-refractivity contribution is 5.97. The summed E-state index contributed by atoms with van der Waals surface area (Å²) in [6, 6.07) is 97.7. The van der Waals surface area contributed by atoms with Gasteiger partial charge in [0.1, 0.15) is 39.6 Å². The number of methoxy groups -OCH3 is 6. The number of carbonyl (C=O) groups excluding carboxylic acids is 6. The molecule has 0 radical (unpaired) electrons. The van der Waals surface area contributed by atoms with Crippen molar-refractivity contribution >= 4 is 100 Å². The van der Waals surface area contributed by atoms with E-state index in [-0.39, 0.29) is 152 Å². The Hall–Kier alpha value is -13.9. The van der Waals surface area contributed by atoms with E-state index in [1.54, 1.807) is 79.1 Å². The Bertz CT molecular complexity index is 4310. The number of fused-ring (bicyclic) bond motifs is 12. The summed E-state index contributed by atoms with van der Waals surface area (Å²) in [4.78, 5) is 83.0. The van der Waals surface area contributed by atoms with Gasteiger partial charge in [0.2, 0.25) is 0 Å². The second-order valence-electron chi connectivity index (χ2n) is 27.9. The van der Waals surface area contributed by atoms with Crippen LogP contribution in [-0.2, 0) is 114 Å². The standard InChI is InChI=1S/C108H108O30/c1-115-31-37-121-43-49-127-55-61-133-103(109)97-73-85-19-7-9-21-87-68-89(77-98(75-87)104(110)134-62-56-128-50-44-122-38-32-116-2)23-11-13-25-91-70-93(81-100(79-91)106(112)136-64-58-130-52-46-124-40-34-118-4)27-15-17-29-95-72-96(84-102(83-95)108(114)138-66-60-132-54-48-126-42-36-120-6)30-18-16-28-94-71-92(80-101(82-94)107(113)137-65-59-131-53-47-125-41-35-119-5)26-14-12-24-90-69-88(22-10-8-20-86(67-85)74-97)76-99(78-90)105(111)135-63-57-129-51-45-123-39-33-117-3/h67-84H,31-66H2,1-6H3. The zero-order valence-corrected chi connectivity index (χ0v) is 78.1. The van der Waals surface area contributed by atoms with Crippen molar-refractivity contribution in [1.29, 1.82) is 0 Å². The second-order valence-corrected chi connectivity index (χ2v) is 27.9. The Kier molecular flexibility index (Phi) is 57.7. The number of ether oxygens (including phenoxy) is 24. The average molecular weight is 1890 g/mol. The van der Waals surface area contributed by atoms with Gasteiger partial charge >= 0.3 is 35.8 Å². The molecule has 0 unspecified atom stereocenters. The lowest BCUT2D eigenvalue weighted by Crippen LogP contribution is -2.13. The molecule has 0 spiro atoms. The summed E-state index contributed by atoms with van der Waals surface area (Å²) in [5, 5.41) is 3.53. The predicted octanol–water partition coefficient (Wildman–Crippen LogP) is 11.3. The van der Waals surface area contributed by atoms with Crippen molar-refractivity contribution in [1.82, 2.24) is 0 Å². The van der Waals surface area contributed by atoms with Crippen molar-refractivity contribution in [2.45, 2.75) is 0 Å². The molecule has 0 fully saturated rings. The SMILES string of the molecule is COCCOCCOCCOC(=O)c1cc2c#cc#cc3cc(C(=O)OCCOCCOCCOC)cc(c#cc#cc4cc(C(=O)OCCOCCOCCOC)cc(c#cc#cc5cc(C(=O)OCCOCCOCCOC)cc(c#cc#cc6cc(C(=O)OCCOCCOCCOC)cc(c#cc#cc7cc(C(=O)OCCOCCOCCOC)cc(c#cc#cc(c1)c2)c7)c6)c5)c4)c3. The van der Waals surface area contributed by atoms with E-state index in [1.807, 2.05) is 0 Å². The number of hydrogen-bond acceptors (Lipinski definition) is 30. The maximum atomic E-state index is 13.8. The van der Waals surface area contributed by atoms with Gasteiger partial charge in [0.15, 0.2) is 0 Å². The van der Waals surface area contributed by atoms with Crippen molar-refractivity contribution in [3.8, 4) is 0 Å². The van der Waals surface area contributed by atoms with E-state index in [2.05, 4.69) is 146 Å². The number of hydrogen-bond donors (Lipinski definition) is 0. The Morgan fingerprint density at radius 3 is 0.341 bits per heavy atom. The van der Waals surface area contributed by atoms with Crippen LogP contribution in [0.3, 0.4) is 0 Å². The maximum absolute atomic E-state index is 13.8. The Labute approximate surface area is 807 Å². The van der Waals surface area contributed by atoms with Gasteiger partial charge in [-0.15, -0.1) is 0 Å². The first kappa shape index (κ1) is 111. The van der Waals surface area contributed by atoms with Crippen LogP contribution in [0.5, 0.6) is 0 Å². The van der Waals surface area contributed by atoms with Crippen molar-refractivity contribution in [2.75, 3.05) is 281 Å². The summed E-state index contributed by atoms with van der Waals surface area (Å²) in [6.45, 7) is 7.79. The molecule has 0 heterocycles. The van der Waals surface area contributed by atoms with Crippen LogP contribution in [0.15, 0.2) is 109 Å². The molecule has 7 rings (SSSR count). The summed E-state index contributed by atoms with van der Waals surface area (Å²) >= 11 is 0. The van der Waals surface area contributed by atoms with Gasteiger partial charge in [-0.3, -0.25) is 0 Å². The Morgan fingerprint density at radius 2 is 0.239 bits per heavy atom. The van der Waals surface area contributed by atoms with E-state index in [9.17, 15) is 28.8 Å². The van der Waals surface area contributed by atoms with Gasteiger partial charge in [0.05, 0.1) is 232 Å². The fourth-order valence-electron chi connectivity index (χ4n) is 11.0. The van der Waals surface area contributed by atoms with Crippen molar-refractivity contribution in [2.24, 2.45) is 0 Å². The summed E-state index contributed by atoms with van der Waals surface area (Å²) in [7, 11) is 9.42. The molecule has 0 aliphatic carbocycles. The molecule has 0 amide bonds. The first-order valence-corrected chi connectivity index (χ1v) is 43.7. The number of benzene rings is 6. The lowest BCUT2D eigenvalue weighted by molar-refractivity contribution is 0.00553. The molecule has 0 aliphatic rings. The van der Waals surface area contributed by atoms with E-state index >= 15 is 0 Å². The number of rotatable bonds is 60. The first-order chi connectivity index (χ1) is 67.8. The Balaban J connectivity index is 1.42. The van der Waals surface area contributed by atoms with Gasteiger partial charge in [0, 0.05) is 107 Å². The van der Waals surface area contributed by atoms with Gasteiger partial charge in [-0.05, 0) is 182 Å². The zero-order chi connectivity index (χ0) is 98.0. The molecule has 0 N–H and O–H groups in total. The molecule has 30 nitrogen and oxygen atoms in total. The van der Waals surface area contributed by atoms with E-state index in [4.69, 9.17) is 114 Å². The molecule has 12 bridgehead atoms. The van der Waals surface area contributed by atoms with E-state index in [1.165, 1.54) is 72.8 Å². The smallest absolute Gasteiger partial charge is 0.338 e. The normalized spacial score (nSPS) is 10.1. The van der Waals surface area contributed by atoms with E-state index in [0.717, 1.165) is 0 Å². The molecular weight excluding hydrogens is 1780 g/mol. The monoisotopic (exact) mass is 1880 g/mol. The minimum Gasteiger partial charge on any atom is -0.460 e. The van der Waals surface area contributed by atoms with Crippen molar-refractivity contribution in [3.05, 3.63) is 288 Å². The molecule has 138 heavy (non-hydrogen) atoms. The quantitative estimate of drug-likeness (QED) is 0.0194. The average Bonchev–Trinajstić information content (AvgIpc) is 0.861. The summed E-state index contributed by atoms with van der Waals surface area (Å²) in [5.74, 6) is -4.31. The fourth-order valence-corrected chi connectivity index (χ4v) is 11.0. The van der Waals surface area contributed by atoms with Gasteiger partial charge in [0.25, 0.3) is 0 Å². The summed E-state index contributed by atoms with van der Waals surface area (Å²) in [6.07, 6.45) is 0.